The summed E-state index contributed by atoms with van der Waals surface area (Å²) in [5.41, 5.74) is -0.0538. The van der Waals surface area contributed by atoms with Crippen LogP contribution in [-0.4, -0.2) is 17.7 Å². The second kappa shape index (κ2) is 3.47. The summed E-state index contributed by atoms with van der Waals surface area (Å²) in [5, 5.41) is 5.23. The first kappa shape index (κ1) is 9.57. The summed E-state index contributed by atoms with van der Waals surface area (Å²) in [6, 6.07) is -0.399. The molecule has 13 heavy (non-hydrogen) atoms. The van der Waals surface area contributed by atoms with E-state index in [0.717, 1.165) is 0 Å². The minimum Gasteiger partial charge on any atom is -0.343 e. The van der Waals surface area contributed by atoms with Crippen LogP contribution in [0.1, 0.15) is 20.3 Å². The van der Waals surface area contributed by atoms with Crippen molar-refractivity contribution in [1.82, 2.24) is 5.32 Å². The zero-order valence-electron chi connectivity index (χ0n) is 7.46. The second-order valence-electron chi connectivity index (χ2n) is 2.84. The monoisotopic (exact) mass is 182 g/mol. The lowest BCUT2D eigenvalue weighted by atomic mass is 10.1. The highest BCUT2D eigenvalue weighted by molar-refractivity contribution is 6.20. The van der Waals surface area contributed by atoms with Crippen molar-refractivity contribution < 1.29 is 9.59 Å². The minimum atomic E-state index is -0.492. The molecule has 0 fully saturated rings. The van der Waals surface area contributed by atoms with Gasteiger partial charge in [-0.1, -0.05) is 6.92 Å². The standard InChI is InChI=1S/C8H10N2O3/c1-3-5-7(10-13)6(4(2)11)8(12)9-5/h5H,3H2,1-2H3,(H,9,12). The molecule has 1 unspecified atom stereocenters. The molecule has 5 nitrogen and oxygen atoms in total. The van der Waals surface area contributed by atoms with Crippen molar-refractivity contribution in [3.63, 3.8) is 0 Å². The number of amides is 1. The van der Waals surface area contributed by atoms with Crippen LogP contribution in [0.15, 0.2) is 16.4 Å². The number of hydrogen-bond donors (Lipinski definition) is 1. The molecule has 1 atom stereocenters. The molecular formula is C8H10N2O3. The van der Waals surface area contributed by atoms with Crippen LogP contribution in [-0.2, 0) is 9.59 Å². The number of hydrogen-bond acceptors (Lipinski definition) is 4. The van der Waals surface area contributed by atoms with Gasteiger partial charge in [0.05, 0.1) is 6.04 Å². The van der Waals surface area contributed by atoms with Crippen molar-refractivity contribution in [3.05, 3.63) is 16.2 Å². The van der Waals surface area contributed by atoms with Gasteiger partial charge in [0.25, 0.3) is 5.91 Å². The van der Waals surface area contributed by atoms with E-state index in [9.17, 15) is 14.5 Å². The van der Waals surface area contributed by atoms with Crippen LogP contribution in [0, 0.1) is 4.91 Å². The molecule has 1 heterocycles. The van der Waals surface area contributed by atoms with Gasteiger partial charge >= 0.3 is 0 Å². The zero-order chi connectivity index (χ0) is 10.0. The Morgan fingerprint density at radius 1 is 1.62 bits per heavy atom. The average molecular weight is 182 g/mol. The Morgan fingerprint density at radius 3 is 2.62 bits per heavy atom. The predicted octanol–water partition coefficient (Wildman–Crippen LogP) is 0.504. The first-order valence-electron chi connectivity index (χ1n) is 4.01. The van der Waals surface area contributed by atoms with E-state index < -0.39 is 17.7 Å². The number of ketones is 1. The molecule has 0 radical (unpaired) electrons. The van der Waals surface area contributed by atoms with E-state index in [1.807, 2.05) is 0 Å². The Balaban J connectivity index is 3.14. The number of carbonyl (C=O) groups excluding carboxylic acids is 2. The molecule has 0 saturated heterocycles. The van der Waals surface area contributed by atoms with Gasteiger partial charge in [0.15, 0.2) is 5.78 Å². The quantitative estimate of drug-likeness (QED) is 0.510. The van der Waals surface area contributed by atoms with Crippen LogP contribution in [0.25, 0.3) is 0 Å². The van der Waals surface area contributed by atoms with Gasteiger partial charge in [0.1, 0.15) is 11.3 Å². The van der Waals surface area contributed by atoms with Crippen LogP contribution in [0.4, 0.5) is 0 Å². The van der Waals surface area contributed by atoms with Gasteiger partial charge in [0, 0.05) is 0 Å². The summed E-state index contributed by atoms with van der Waals surface area (Å²) in [6.07, 6.45) is 0.559. The fourth-order valence-corrected chi connectivity index (χ4v) is 1.33. The van der Waals surface area contributed by atoms with Crippen LogP contribution in [0.5, 0.6) is 0 Å². The molecule has 0 aliphatic carbocycles. The van der Waals surface area contributed by atoms with Crippen molar-refractivity contribution >= 4 is 11.7 Å². The van der Waals surface area contributed by atoms with Crippen molar-refractivity contribution in [3.8, 4) is 0 Å². The van der Waals surface area contributed by atoms with E-state index in [0.29, 0.717) is 6.42 Å². The lowest BCUT2D eigenvalue weighted by Crippen LogP contribution is -2.28. The first-order valence-corrected chi connectivity index (χ1v) is 4.01. The van der Waals surface area contributed by atoms with E-state index in [-0.39, 0.29) is 11.3 Å². The van der Waals surface area contributed by atoms with Crippen LogP contribution >= 0.6 is 0 Å². The Kier molecular flexibility index (Phi) is 2.55. The topological polar surface area (TPSA) is 75.6 Å². The molecule has 0 spiro atoms. The van der Waals surface area contributed by atoms with Gasteiger partial charge in [-0.2, -0.15) is 0 Å². The smallest absolute Gasteiger partial charge is 0.257 e. The van der Waals surface area contributed by atoms with E-state index in [2.05, 4.69) is 10.5 Å². The maximum atomic E-state index is 11.2. The summed E-state index contributed by atoms with van der Waals surface area (Å²) in [6.45, 7) is 3.05. The minimum absolute atomic E-state index is 0.0417. The van der Waals surface area contributed by atoms with Gasteiger partial charge in [-0.25, -0.2) is 0 Å². The van der Waals surface area contributed by atoms with Crippen LogP contribution < -0.4 is 5.32 Å². The molecule has 1 amide bonds. The SMILES string of the molecule is CCC1NC(=O)C(C(C)=O)=C1N=O. The largest absolute Gasteiger partial charge is 0.343 e. The van der Waals surface area contributed by atoms with Gasteiger partial charge in [0.2, 0.25) is 0 Å². The van der Waals surface area contributed by atoms with Crippen molar-refractivity contribution in [2.45, 2.75) is 26.3 Å². The molecule has 0 aromatic carbocycles. The van der Waals surface area contributed by atoms with Gasteiger partial charge in [-0.15, -0.1) is 4.91 Å². The van der Waals surface area contributed by atoms with Gasteiger partial charge < -0.3 is 5.32 Å². The predicted molar refractivity (Wildman–Crippen MR) is 45.7 cm³/mol. The Labute approximate surface area is 75.2 Å². The number of nitrogens with one attached hydrogen (secondary N) is 1. The maximum Gasteiger partial charge on any atom is 0.257 e. The molecule has 0 aromatic heterocycles. The first-order chi connectivity index (χ1) is 6.11. The summed E-state index contributed by atoms with van der Waals surface area (Å²) in [7, 11) is 0. The normalized spacial score (nSPS) is 21.7. The number of rotatable bonds is 3. The molecule has 1 aliphatic rings. The molecule has 0 bridgehead atoms. The third kappa shape index (κ3) is 1.49. The summed E-state index contributed by atoms with van der Waals surface area (Å²) < 4.78 is 0. The molecule has 0 aromatic rings. The highest BCUT2D eigenvalue weighted by Gasteiger charge is 2.33. The summed E-state index contributed by atoms with van der Waals surface area (Å²) in [5.74, 6) is -0.906. The molecular weight excluding hydrogens is 172 g/mol. The van der Waals surface area contributed by atoms with Crippen LogP contribution in [0.2, 0.25) is 0 Å². The van der Waals surface area contributed by atoms with E-state index in [1.165, 1.54) is 6.92 Å². The average Bonchev–Trinajstić information content (AvgIpc) is 2.41. The lowest BCUT2D eigenvalue weighted by Gasteiger charge is -2.04. The highest BCUT2D eigenvalue weighted by atomic mass is 16.3. The van der Waals surface area contributed by atoms with Crippen molar-refractivity contribution in [1.29, 1.82) is 0 Å². The maximum absolute atomic E-state index is 11.2. The van der Waals surface area contributed by atoms with Gasteiger partial charge in [-0.05, 0) is 18.5 Å². The van der Waals surface area contributed by atoms with Gasteiger partial charge in [-0.3, -0.25) is 9.59 Å². The highest BCUT2D eigenvalue weighted by Crippen LogP contribution is 2.21. The Bertz CT molecular complexity index is 307. The number of Topliss-reactive ketones (excluding diaryl/α,β-unsaturated/α-hetero) is 1. The van der Waals surface area contributed by atoms with E-state index in [4.69, 9.17) is 0 Å². The van der Waals surface area contributed by atoms with Crippen molar-refractivity contribution in [2.75, 3.05) is 0 Å². The Morgan fingerprint density at radius 2 is 2.23 bits per heavy atom. The molecule has 1 N–H and O–H groups in total. The zero-order valence-corrected chi connectivity index (χ0v) is 7.46. The molecule has 5 heteroatoms. The third-order valence-corrected chi connectivity index (χ3v) is 1.98. The Hall–Kier alpha value is -1.52. The van der Waals surface area contributed by atoms with E-state index in [1.54, 1.807) is 6.92 Å². The summed E-state index contributed by atoms with van der Waals surface area (Å²) >= 11 is 0. The summed E-state index contributed by atoms with van der Waals surface area (Å²) in [4.78, 5) is 32.5. The molecule has 70 valence electrons. The third-order valence-electron chi connectivity index (χ3n) is 1.98. The fourth-order valence-electron chi connectivity index (χ4n) is 1.33. The second-order valence-corrected chi connectivity index (χ2v) is 2.84. The molecule has 0 saturated carbocycles. The molecule has 1 rings (SSSR count). The number of carbonyl (C=O) groups is 2. The number of nitroso groups, excluding NO2 is 1. The fraction of sp³-hybridized carbons (Fsp3) is 0.500. The van der Waals surface area contributed by atoms with Crippen molar-refractivity contribution in [2.24, 2.45) is 5.18 Å². The number of nitrogens with zero attached hydrogens (tertiary/aromatic N) is 1. The van der Waals surface area contributed by atoms with Crippen LogP contribution in [0.3, 0.4) is 0 Å². The molecule has 1 aliphatic heterocycles. The van der Waals surface area contributed by atoms with E-state index >= 15 is 0 Å². The lowest BCUT2D eigenvalue weighted by molar-refractivity contribution is -0.121.